The average molecular weight is 410 g/mol. The molecule has 1 aliphatic heterocycles. The van der Waals surface area contributed by atoms with E-state index < -0.39 is 12.1 Å². The van der Waals surface area contributed by atoms with Crippen LogP contribution in [0.4, 0.5) is 4.79 Å². The maximum absolute atomic E-state index is 13.4. The minimum absolute atomic E-state index is 0.0106. The van der Waals surface area contributed by atoms with Gasteiger partial charge in [0.25, 0.3) is 0 Å². The van der Waals surface area contributed by atoms with Crippen LogP contribution in [0.1, 0.15) is 85.5 Å². The summed E-state index contributed by atoms with van der Waals surface area (Å²) in [7, 11) is 3.14. The zero-order chi connectivity index (χ0) is 21.8. The molecule has 0 saturated carbocycles. The Morgan fingerprint density at radius 3 is 2.38 bits per heavy atom. The highest BCUT2D eigenvalue weighted by Gasteiger charge is 2.40. The monoisotopic (exact) mass is 409 g/mol. The summed E-state index contributed by atoms with van der Waals surface area (Å²) in [5, 5.41) is 2.74. The van der Waals surface area contributed by atoms with Crippen molar-refractivity contribution < 1.29 is 14.3 Å². The molecule has 0 aromatic rings. The highest BCUT2D eigenvalue weighted by Crippen LogP contribution is 2.31. The molecule has 29 heavy (non-hydrogen) atoms. The van der Waals surface area contributed by atoms with Crippen LogP contribution in [-0.4, -0.2) is 55.4 Å². The molecular formula is C23H43N3O3. The van der Waals surface area contributed by atoms with Gasteiger partial charge in [0.05, 0.1) is 13.7 Å². The number of nitrogens with zero attached hydrogens (tertiary/aromatic N) is 2. The van der Waals surface area contributed by atoms with Crippen LogP contribution >= 0.6 is 0 Å². The molecule has 1 heterocycles. The number of methoxy groups -OCH3 is 1. The summed E-state index contributed by atoms with van der Waals surface area (Å²) in [4.78, 5) is 31.6. The minimum Gasteiger partial charge on any atom is -0.453 e. The van der Waals surface area contributed by atoms with Gasteiger partial charge in [-0.1, -0.05) is 66.2 Å². The van der Waals surface area contributed by atoms with Crippen molar-refractivity contribution in [1.29, 1.82) is 0 Å². The highest BCUT2D eigenvalue weighted by molar-refractivity contribution is 5.96. The number of nitrogens with one attached hydrogen (secondary N) is 1. The number of ether oxygens (including phenoxy) is 1. The fourth-order valence-corrected chi connectivity index (χ4v) is 4.34. The molecule has 0 spiro atoms. The Kier molecular flexibility index (Phi) is 11.9. The second-order valence-electron chi connectivity index (χ2n) is 8.64. The van der Waals surface area contributed by atoms with E-state index in [2.05, 4.69) is 24.2 Å². The molecular weight excluding hydrogens is 366 g/mol. The molecule has 6 nitrogen and oxygen atoms in total. The molecule has 1 N–H and O–H groups in total. The summed E-state index contributed by atoms with van der Waals surface area (Å²) in [5.74, 6) is 0.459. The Bertz CT molecular complexity index is 533. The van der Waals surface area contributed by atoms with Crippen molar-refractivity contribution in [3.8, 4) is 0 Å². The molecule has 3 atom stereocenters. The van der Waals surface area contributed by atoms with Gasteiger partial charge in [-0.15, -0.1) is 0 Å². The van der Waals surface area contributed by atoms with E-state index in [1.807, 2.05) is 25.8 Å². The first-order valence-electron chi connectivity index (χ1n) is 11.5. The molecule has 1 fully saturated rings. The van der Waals surface area contributed by atoms with E-state index in [4.69, 9.17) is 4.74 Å². The number of likely N-dealkylation sites (tertiary alicyclic amines) is 1. The molecule has 0 bridgehead atoms. The first kappa shape index (κ1) is 25.4. The molecule has 1 rings (SSSR count). The molecule has 168 valence electrons. The third-order valence-corrected chi connectivity index (χ3v) is 6.07. The van der Waals surface area contributed by atoms with Gasteiger partial charge in [0.15, 0.2) is 0 Å². The van der Waals surface area contributed by atoms with Crippen LogP contribution in [0.5, 0.6) is 0 Å². The van der Waals surface area contributed by atoms with Gasteiger partial charge in [-0.25, -0.2) is 4.79 Å². The van der Waals surface area contributed by atoms with E-state index in [1.54, 1.807) is 0 Å². The Hall–Kier alpha value is -1.59. The maximum Gasteiger partial charge on any atom is 0.407 e. The van der Waals surface area contributed by atoms with E-state index in [9.17, 15) is 9.59 Å². The first-order valence-corrected chi connectivity index (χ1v) is 11.5. The summed E-state index contributed by atoms with van der Waals surface area (Å²) in [6, 6.07) is -0.402. The largest absolute Gasteiger partial charge is 0.453 e. The topological polar surface area (TPSA) is 71.0 Å². The summed E-state index contributed by atoms with van der Waals surface area (Å²) in [5.41, 5.74) is 1.08. The summed E-state index contributed by atoms with van der Waals surface area (Å²) >= 11 is 0. The second-order valence-corrected chi connectivity index (χ2v) is 8.64. The Morgan fingerprint density at radius 2 is 1.83 bits per heavy atom. The Balaban J connectivity index is 2.94. The van der Waals surface area contributed by atoms with Gasteiger partial charge in [-0.05, 0) is 24.7 Å². The molecule has 1 aliphatic rings. The molecule has 1 saturated heterocycles. The van der Waals surface area contributed by atoms with Gasteiger partial charge in [-0.2, -0.15) is 0 Å². The normalized spacial score (nSPS) is 20.2. The van der Waals surface area contributed by atoms with Crippen molar-refractivity contribution in [2.24, 2.45) is 16.8 Å². The number of hydrogen-bond donors (Lipinski definition) is 1. The zero-order valence-corrected chi connectivity index (χ0v) is 19.5. The van der Waals surface area contributed by atoms with E-state index in [-0.39, 0.29) is 17.9 Å². The number of unbranched alkanes of at least 4 members (excludes halogenated alkanes) is 4. The SMILES string of the molecule is CCCCCCCC(CCC)[C@@H]1CC(=NC)CN1C(=O)C(NC(=O)OC)C(C)C. The minimum atomic E-state index is -0.576. The molecule has 0 aromatic carbocycles. The number of alkyl carbamates (subject to hydrolysis) is 1. The van der Waals surface area contributed by atoms with Gasteiger partial charge < -0.3 is 15.0 Å². The molecule has 0 radical (unpaired) electrons. The van der Waals surface area contributed by atoms with Crippen molar-refractivity contribution in [1.82, 2.24) is 10.2 Å². The number of rotatable bonds is 12. The lowest BCUT2D eigenvalue weighted by atomic mass is 9.87. The molecule has 0 aromatic heterocycles. The van der Waals surface area contributed by atoms with E-state index in [1.165, 1.54) is 39.2 Å². The van der Waals surface area contributed by atoms with Crippen LogP contribution in [-0.2, 0) is 9.53 Å². The fourth-order valence-electron chi connectivity index (χ4n) is 4.34. The van der Waals surface area contributed by atoms with Crippen LogP contribution in [0.25, 0.3) is 0 Å². The first-order chi connectivity index (χ1) is 13.9. The van der Waals surface area contributed by atoms with Crippen molar-refractivity contribution in [2.75, 3.05) is 20.7 Å². The third kappa shape index (κ3) is 7.98. The van der Waals surface area contributed by atoms with Crippen molar-refractivity contribution in [3.63, 3.8) is 0 Å². The van der Waals surface area contributed by atoms with Gasteiger partial charge in [0.1, 0.15) is 6.04 Å². The molecule has 2 unspecified atom stereocenters. The van der Waals surface area contributed by atoms with E-state index in [0.717, 1.165) is 31.4 Å². The van der Waals surface area contributed by atoms with Crippen molar-refractivity contribution in [2.45, 2.75) is 97.6 Å². The average Bonchev–Trinajstić information content (AvgIpc) is 3.14. The third-order valence-electron chi connectivity index (χ3n) is 6.07. The van der Waals surface area contributed by atoms with Gasteiger partial charge in [0, 0.05) is 25.2 Å². The zero-order valence-electron chi connectivity index (χ0n) is 19.5. The van der Waals surface area contributed by atoms with Crippen LogP contribution < -0.4 is 5.32 Å². The number of carbonyl (C=O) groups excluding carboxylic acids is 2. The number of hydrogen-bond acceptors (Lipinski definition) is 4. The Morgan fingerprint density at radius 1 is 1.14 bits per heavy atom. The smallest absolute Gasteiger partial charge is 0.407 e. The summed E-state index contributed by atoms with van der Waals surface area (Å²) in [6.07, 6.45) is 10.0. The van der Waals surface area contributed by atoms with E-state index in [0.29, 0.717) is 12.5 Å². The predicted octanol–water partition coefficient (Wildman–Crippen LogP) is 4.82. The van der Waals surface area contributed by atoms with Crippen LogP contribution in [0.15, 0.2) is 4.99 Å². The van der Waals surface area contributed by atoms with Gasteiger partial charge >= 0.3 is 6.09 Å². The Labute approximate surface area is 177 Å². The molecule has 2 amide bonds. The van der Waals surface area contributed by atoms with Crippen molar-refractivity contribution in [3.05, 3.63) is 0 Å². The van der Waals surface area contributed by atoms with Crippen LogP contribution in [0.2, 0.25) is 0 Å². The van der Waals surface area contributed by atoms with Crippen LogP contribution in [0.3, 0.4) is 0 Å². The quantitative estimate of drug-likeness (QED) is 0.470. The predicted molar refractivity (Wildman–Crippen MR) is 119 cm³/mol. The second kappa shape index (κ2) is 13.6. The number of aliphatic imine (C=N–C) groups is 1. The molecule has 0 aliphatic carbocycles. The number of amides is 2. The lowest BCUT2D eigenvalue weighted by molar-refractivity contribution is -0.136. The van der Waals surface area contributed by atoms with Crippen LogP contribution in [0, 0.1) is 11.8 Å². The van der Waals surface area contributed by atoms with Crippen molar-refractivity contribution >= 4 is 17.7 Å². The number of carbonyl (C=O) groups is 2. The maximum atomic E-state index is 13.4. The lowest BCUT2D eigenvalue weighted by Gasteiger charge is -2.34. The lowest BCUT2D eigenvalue weighted by Crippen LogP contribution is -2.53. The van der Waals surface area contributed by atoms with Gasteiger partial charge in [0.2, 0.25) is 5.91 Å². The van der Waals surface area contributed by atoms with Gasteiger partial charge in [-0.3, -0.25) is 9.79 Å². The summed E-state index contributed by atoms with van der Waals surface area (Å²) < 4.78 is 4.74. The van der Waals surface area contributed by atoms with E-state index >= 15 is 0 Å². The molecule has 6 heteroatoms. The fraction of sp³-hybridized carbons (Fsp3) is 0.870. The standard InChI is InChI=1S/C23H43N3O3/c1-7-9-10-11-12-14-18(13-8-2)20-15-19(24-5)16-26(20)22(27)21(17(3)4)25-23(28)29-6/h17-18,20-21H,7-16H2,1-6H3,(H,25,28)/t18?,20-,21?/m0/s1. The summed E-state index contributed by atoms with van der Waals surface area (Å²) in [6.45, 7) is 8.93. The highest BCUT2D eigenvalue weighted by atomic mass is 16.5.